The predicted octanol–water partition coefficient (Wildman–Crippen LogP) is 4.36. The van der Waals surface area contributed by atoms with Crippen LogP contribution in [-0.4, -0.2) is 14.0 Å². The fourth-order valence-electron chi connectivity index (χ4n) is 2.74. The van der Waals surface area contributed by atoms with Gasteiger partial charge < -0.3 is 0 Å². The van der Waals surface area contributed by atoms with Gasteiger partial charge in [0.05, 0.1) is 16.7 Å². The zero-order valence-corrected chi connectivity index (χ0v) is 11.8. The van der Waals surface area contributed by atoms with Crippen LogP contribution in [0.1, 0.15) is 5.56 Å². The van der Waals surface area contributed by atoms with Gasteiger partial charge in [-0.15, -0.1) is 0 Å². The van der Waals surface area contributed by atoms with Gasteiger partial charge >= 0.3 is 0 Å². The van der Waals surface area contributed by atoms with Crippen molar-refractivity contribution < 1.29 is 0 Å². The molecule has 0 saturated carbocycles. The molecule has 2 aromatic heterocycles. The molecule has 0 unspecified atom stereocenters. The summed E-state index contributed by atoms with van der Waals surface area (Å²) in [5.41, 5.74) is 5.61. The molecule has 4 aromatic rings. The molecule has 21 heavy (non-hydrogen) atoms. The van der Waals surface area contributed by atoms with Crippen molar-refractivity contribution in [1.29, 1.82) is 0 Å². The Morgan fingerprint density at radius 3 is 2.43 bits per heavy atom. The highest BCUT2D eigenvalue weighted by Gasteiger charge is 2.12. The van der Waals surface area contributed by atoms with Gasteiger partial charge in [0.25, 0.3) is 0 Å². The van der Waals surface area contributed by atoms with Crippen molar-refractivity contribution in [2.24, 2.45) is 0 Å². The van der Waals surface area contributed by atoms with Crippen LogP contribution in [0.3, 0.4) is 0 Å². The van der Waals surface area contributed by atoms with E-state index in [2.05, 4.69) is 60.5 Å². The van der Waals surface area contributed by atoms with Crippen LogP contribution in [-0.2, 0) is 0 Å². The van der Waals surface area contributed by atoms with Crippen LogP contribution in [0, 0.1) is 6.92 Å². The number of fused-ring (bicyclic) bond motifs is 3. The van der Waals surface area contributed by atoms with E-state index in [1.807, 2.05) is 22.9 Å². The minimum atomic E-state index is 0.891. The molecule has 0 aliphatic rings. The van der Waals surface area contributed by atoms with Gasteiger partial charge in [0.15, 0.2) is 0 Å². The number of hydrogen-bond acceptors (Lipinski definition) is 1. The largest absolute Gasteiger partial charge is 0.286 e. The van der Waals surface area contributed by atoms with Crippen molar-refractivity contribution in [3.05, 3.63) is 66.9 Å². The zero-order valence-electron chi connectivity index (χ0n) is 11.8. The van der Waals surface area contributed by atoms with Crippen molar-refractivity contribution in [2.45, 2.75) is 6.92 Å². The zero-order chi connectivity index (χ0) is 14.4. The summed E-state index contributed by atoms with van der Waals surface area (Å²) >= 11 is 0. The lowest BCUT2D eigenvalue weighted by molar-refractivity contribution is 1.16. The van der Waals surface area contributed by atoms with Crippen LogP contribution < -0.4 is 0 Å². The van der Waals surface area contributed by atoms with Crippen molar-refractivity contribution in [2.75, 3.05) is 0 Å². The Morgan fingerprint density at radius 1 is 1.00 bits per heavy atom. The molecule has 3 heteroatoms. The van der Waals surface area contributed by atoms with Crippen molar-refractivity contribution in [3.8, 4) is 11.3 Å². The quantitative estimate of drug-likeness (QED) is 0.532. The van der Waals surface area contributed by atoms with Crippen LogP contribution in [0.25, 0.3) is 34.3 Å². The highest BCUT2D eigenvalue weighted by atomic mass is 15.2. The Bertz CT molecular complexity index is 955. The minimum Gasteiger partial charge on any atom is -0.286 e. The lowest BCUT2D eigenvalue weighted by Gasteiger charge is -1.98. The Balaban J connectivity index is 2.02. The second-order valence-electron chi connectivity index (χ2n) is 5.20. The molecular formula is C18H15N3. The maximum atomic E-state index is 4.78. The first kappa shape index (κ1) is 12.0. The maximum Gasteiger partial charge on any atom is 0.219 e. The molecule has 0 fully saturated rings. The van der Waals surface area contributed by atoms with E-state index < -0.39 is 0 Å². The summed E-state index contributed by atoms with van der Waals surface area (Å²) in [5.74, 6) is 0.891. The third-order valence-electron chi connectivity index (χ3n) is 3.83. The number of aryl methyl sites for hydroxylation is 1. The molecule has 0 saturated heterocycles. The Labute approximate surface area is 122 Å². The van der Waals surface area contributed by atoms with Crippen LogP contribution >= 0.6 is 0 Å². The molecule has 0 spiro atoms. The molecule has 0 bridgehead atoms. The van der Waals surface area contributed by atoms with Gasteiger partial charge in [-0.1, -0.05) is 48.5 Å². The molecule has 3 nitrogen and oxygen atoms in total. The number of rotatable bonds is 2. The number of hydrogen-bond donors (Lipinski definition) is 0. The molecule has 0 amide bonds. The lowest BCUT2D eigenvalue weighted by atomic mass is 10.1. The Morgan fingerprint density at radius 2 is 1.71 bits per heavy atom. The van der Waals surface area contributed by atoms with E-state index in [9.17, 15) is 0 Å². The van der Waals surface area contributed by atoms with Gasteiger partial charge in [-0.3, -0.25) is 8.97 Å². The first-order valence-electron chi connectivity index (χ1n) is 6.95. The third-order valence-corrected chi connectivity index (χ3v) is 3.83. The van der Waals surface area contributed by atoms with Gasteiger partial charge in [-0.2, -0.15) is 0 Å². The smallest absolute Gasteiger partial charge is 0.219 e. The van der Waals surface area contributed by atoms with Crippen LogP contribution in [0.4, 0.5) is 0 Å². The van der Waals surface area contributed by atoms with Gasteiger partial charge in [0, 0.05) is 18.0 Å². The minimum absolute atomic E-state index is 0.891. The summed E-state index contributed by atoms with van der Waals surface area (Å²) in [6.45, 7) is 6.00. The number of benzene rings is 2. The summed E-state index contributed by atoms with van der Waals surface area (Å²) in [6, 6.07) is 16.7. The van der Waals surface area contributed by atoms with Gasteiger partial charge in [-0.05, 0) is 19.1 Å². The van der Waals surface area contributed by atoms with Crippen molar-refractivity contribution >= 4 is 23.0 Å². The van der Waals surface area contributed by atoms with E-state index in [1.165, 1.54) is 5.56 Å². The average Bonchev–Trinajstić information content (AvgIpc) is 3.05. The Hall–Kier alpha value is -2.81. The second-order valence-corrected chi connectivity index (χ2v) is 5.20. The highest BCUT2D eigenvalue weighted by molar-refractivity contribution is 5.84. The molecule has 0 N–H and O–H groups in total. The van der Waals surface area contributed by atoms with E-state index in [-0.39, 0.29) is 0 Å². The first-order valence-corrected chi connectivity index (χ1v) is 6.95. The number of imidazole rings is 2. The van der Waals surface area contributed by atoms with Crippen molar-refractivity contribution in [1.82, 2.24) is 14.0 Å². The molecule has 102 valence electrons. The van der Waals surface area contributed by atoms with E-state index in [4.69, 9.17) is 4.98 Å². The second kappa shape index (κ2) is 4.35. The molecular weight excluding hydrogens is 258 g/mol. The summed E-state index contributed by atoms with van der Waals surface area (Å²) in [7, 11) is 0. The predicted molar refractivity (Wildman–Crippen MR) is 87.2 cm³/mol. The number of nitrogens with zero attached hydrogens (tertiary/aromatic N) is 3. The number of aromatic nitrogens is 3. The summed E-state index contributed by atoms with van der Waals surface area (Å²) < 4.78 is 4.14. The van der Waals surface area contributed by atoms with E-state index in [0.717, 1.165) is 28.1 Å². The lowest BCUT2D eigenvalue weighted by Crippen LogP contribution is -1.86. The van der Waals surface area contributed by atoms with Gasteiger partial charge in [0.1, 0.15) is 0 Å². The fraction of sp³-hybridized carbons (Fsp3) is 0.0556. The maximum absolute atomic E-state index is 4.78. The number of para-hydroxylation sites is 2. The molecule has 4 rings (SSSR count). The van der Waals surface area contributed by atoms with E-state index >= 15 is 0 Å². The SMILES string of the molecule is C=Cn1c2ccccc2n2cc(-c3ccc(C)cc3)nc12. The Kier molecular flexibility index (Phi) is 2.48. The molecule has 2 aromatic carbocycles. The molecule has 0 aliphatic carbocycles. The van der Waals surface area contributed by atoms with Crippen LogP contribution in [0.5, 0.6) is 0 Å². The van der Waals surface area contributed by atoms with E-state index in [0.29, 0.717) is 0 Å². The van der Waals surface area contributed by atoms with Gasteiger partial charge in [-0.25, -0.2) is 4.98 Å². The normalized spacial score (nSPS) is 11.3. The van der Waals surface area contributed by atoms with Gasteiger partial charge in [0.2, 0.25) is 5.78 Å². The highest BCUT2D eigenvalue weighted by Crippen LogP contribution is 2.25. The topological polar surface area (TPSA) is 22.2 Å². The first-order chi connectivity index (χ1) is 10.3. The molecule has 0 atom stereocenters. The van der Waals surface area contributed by atoms with Crippen LogP contribution in [0.2, 0.25) is 0 Å². The average molecular weight is 273 g/mol. The molecule has 2 heterocycles. The fourth-order valence-corrected chi connectivity index (χ4v) is 2.74. The standard InChI is InChI=1S/C18H15N3/c1-3-20-16-6-4-5-7-17(16)21-12-15(19-18(20)21)14-10-8-13(2)9-11-14/h3-12H,1H2,2H3. The molecule has 0 aliphatic heterocycles. The summed E-state index contributed by atoms with van der Waals surface area (Å²) in [4.78, 5) is 4.78. The van der Waals surface area contributed by atoms with Crippen molar-refractivity contribution in [3.63, 3.8) is 0 Å². The van der Waals surface area contributed by atoms with E-state index in [1.54, 1.807) is 0 Å². The molecule has 0 radical (unpaired) electrons. The summed E-state index contributed by atoms with van der Waals surface area (Å²) in [6.07, 6.45) is 3.89. The monoisotopic (exact) mass is 273 g/mol. The van der Waals surface area contributed by atoms with Crippen LogP contribution in [0.15, 0.2) is 61.3 Å². The summed E-state index contributed by atoms with van der Waals surface area (Å²) in [5, 5.41) is 0. The third kappa shape index (κ3) is 1.71.